The summed E-state index contributed by atoms with van der Waals surface area (Å²) in [5.74, 6) is 1.46. The van der Waals surface area contributed by atoms with Crippen molar-refractivity contribution in [3.63, 3.8) is 0 Å². The van der Waals surface area contributed by atoms with E-state index >= 15 is 0 Å². The summed E-state index contributed by atoms with van der Waals surface area (Å²) in [5.41, 5.74) is 1.65. The topological polar surface area (TPSA) is 60.4 Å². The zero-order chi connectivity index (χ0) is 23.1. The van der Waals surface area contributed by atoms with Gasteiger partial charge in [-0.1, -0.05) is 13.0 Å². The number of thioether (sulfide) groups is 1. The number of carbonyl (C=O) groups excluding carboxylic acids is 1. The third-order valence-electron chi connectivity index (χ3n) is 4.86. The number of ether oxygens (including phenoxy) is 3. The van der Waals surface area contributed by atoms with Gasteiger partial charge in [-0.05, 0) is 89.1 Å². The average Bonchev–Trinajstić information content (AvgIpc) is 3.08. The van der Waals surface area contributed by atoms with Crippen LogP contribution in [0.15, 0.2) is 56.8 Å². The van der Waals surface area contributed by atoms with Gasteiger partial charge < -0.3 is 14.2 Å². The molecule has 1 aliphatic heterocycles. The van der Waals surface area contributed by atoms with Crippen LogP contribution in [0.25, 0.3) is 6.08 Å². The van der Waals surface area contributed by atoms with Gasteiger partial charge in [0, 0.05) is 7.11 Å². The molecule has 6 nitrogen and oxygen atoms in total. The number of hydrogen-bond acceptors (Lipinski definition) is 6. The highest BCUT2D eigenvalue weighted by Crippen LogP contribution is 2.35. The molecule has 1 heterocycles. The average molecular weight is 519 g/mol. The molecule has 170 valence electrons. The van der Waals surface area contributed by atoms with E-state index in [1.165, 1.54) is 11.8 Å². The van der Waals surface area contributed by atoms with Crippen LogP contribution in [0.2, 0.25) is 0 Å². The first-order chi connectivity index (χ1) is 15.4. The van der Waals surface area contributed by atoms with E-state index in [0.29, 0.717) is 23.2 Å². The Kier molecular flexibility index (Phi) is 8.78. The van der Waals surface area contributed by atoms with Crippen molar-refractivity contribution < 1.29 is 19.0 Å². The van der Waals surface area contributed by atoms with Crippen molar-refractivity contribution in [2.75, 3.05) is 27.4 Å². The first kappa shape index (κ1) is 24.4. The van der Waals surface area contributed by atoms with E-state index < -0.39 is 0 Å². The Hall–Kier alpha value is -2.29. The lowest BCUT2D eigenvalue weighted by Gasteiger charge is -2.15. The van der Waals surface area contributed by atoms with Gasteiger partial charge in [-0.2, -0.15) is 0 Å². The number of amides is 1. The van der Waals surface area contributed by atoms with Gasteiger partial charge in [-0.25, -0.2) is 4.99 Å². The zero-order valence-electron chi connectivity index (χ0n) is 18.6. The maximum Gasteiger partial charge on any atom is 0.266 e. The molecule has 0 aliphatic carbocycles. The lowest BCUT2D eigenvalue weighted by molar-refractivity contribution is -0.122. The van der Waals surface area contributed by atoms with Gasteiger partial charge in [0.1, 0.15) is 11.5 Å². The summed E-state index contributed by atoms with van der Waals surface area (Å²) in [6, 6.07) is 13.2. The fraction of sp³-hybridized carbons (Fsp3) is 0.333. The molecule has 1 amide bonds. The van der Waals surface area contributed by atoms with Crippen LogP contribution in [-0.2, 0) is 9.53 Å². The van der Waals surface area contributed by atoms with Crippen molar-refractivity contribution in [2.45, 2.75) is 26.4 Å². The number of aliphatic imine (C=N–C) groups is 1. The Bertz CT molecular complexity index is 1010. The minimum atomic E-state index is -0.0876. The van der Waals surface area contributed by atoms with Crippen LogP contribution in [0.1, 0.15) is 25.8 Å². The molecule has 1 atom stereocenters. The largest absolute Gasteiger partial charge is 0.497 e. The van der Waals surface area contributed by atoms with Crippen LogP contribution < -0.4 is 9.47 Å². The highest BCUT2D eigenvalue weighted by molar-refractivity contribution is 9.10. The summed E-state index contributed by atoms with van der Waals surface area (Å²) in [6.07, 6.45) is 2.94. The molecule has 0 bridgehead atoms. The molecular formula is C24H27BrN2O4S. The molecule has 0 aromatic heterocycles. The number of hydrogen-bond donors (Lipinski definition) is 0. The molecule has 32 heavy (non-hydrogen) atoms. The second kappa shape index (κ2) is 11.5. The monoisotopic (exact) mass is 518 g/mol. The lowest BCUT2D eigenvalue weighted by atomic mass is 10.2. The minimum Gasteiger partial charge on any atom is -0.497 e. The Morgan fingerprint density at radius 1 is 1.19 bits per heavy atom. The molecule has 1 aliphatic rings. The van der Waals surface area contributed by atoms with Crippen molar-refractivity contribution in [1.82, 2.24) is 4.90 Å². The van der Waals surface area contributed by atoms with Crippen LogP contribution in [-0.4, -0.2) is 49.4 Å². The molecule has 1 fully saturated rings. The zero-order valence-corrected chi connectivity index (χ0v) is 21.0. The van der Waals surface area contributed by atoms with Crippen LogP contribution in [0.5, 0.6) is 11.5 Å². The summed E-state index contributed by atoms with van der Waals surface area (Å²) in [7, 11) is 3.24. The standard InChI is InChI=1S/C24H27BrN2O4S/c1-5-16(2)31-21-11-6-17(14-20(21)25)15-22-23(28)27(12-13-29-3)24(32-22)26-18-7-9-19(30-4)10-8-18/h6-11,14-16H,5,12-13H2,1-4H3/b22-15-,26-24?/t16-/m1/s1. The SMILES string of the molecule is CC[C@@H](C)Oc1ccc(/C=C2\SC(=Nc3ccc(OC)cc3)N(CCOC)C2=O)cc1Br. The summed E-state index contributed by atoms with van der Waals surface area (Å²) in [5, 5.41) is 0.624. The summed E-state index contributed by atoms with van der Waals surface area (Å²) < 4.78 is 17.2. The second-order valence-electron chi connectivity index (χ2n) is 7.18. The van der Waals surface area contributed by atoms with Gasteiger partial charge in [-0.3, -0.25) is 9.69 Å². The Morgan fingerprint density at radius 2 is 1.94 bits per heavy atom. The molecule has 8 heteroatoms. The second-order valence-corrected chi connectivity index (χ2v) is 9.04. The number of amidine groups is 1. The third kappa shape index (κ3) is 6.15. The van der Waals surface area contributed by atoms with E-state index in [2.05, 4.69) is 27.8 Å². The van der Waals surface area contributed by atoms with Crippen molar-refractivity contribution in [1.29, 1.82) is 0 Å². The van der Waals surface area contributed by atoms with Gasteiger partial charge in [0.15, 0.2) is 5.17 Å². The Balaban J connectivity index is 1.86. The van der Waals surface area contributed by atoms with Crippen molar-refractivity contribution >= 4 is 50.5 Å². The Labute approximate surface area is 201 Å². The predicted molar refractivity (Wildman–Crippen MR) is 134 cm³/mol. The number of benzene rings is 2. The van der Waals surface area contributed by atoms with Gasteiger partial charge >= 0.3 is 0 Å². The molecule has 1 saturated heterocycles. The normalized spacial score (nSPS) is 17.3. The molecule has 0 N–H and O–H groups in total. The number of nitrogens with zero attached hydrogens (tertiary/aromatic N) is 2. The van der Waals surface area contributed by atoms with Crippen LogP contribution >= 0.6 is 27.7 Å². The van der Waals surface area contributed by atoms with E-state index in [1.807, 2.05) is 55.5 Å². The van der Waals surface area contributed by atoms with E-state index in [-0.39, 0.29) is 12.0 Å². The maximum atomic E-state index is 13.1. The third-order valence-corrected chi connectivity index (χ3v) is 6.49. The van der Waals surface area contributed by atoms with E-state index in [9.17, 15) is 4.79 Å². The highest BCUT2D eigenvalue weighted by Gasteiger charge is 2.33. The fourth-order valence-corrected chi connectivity index (χ4v) is 4.41. The summed E-state index contributed by atoms with van der Waals surface area (Å²) in [6.45, 7) is 4.98. The molecule has 0 radical (unpaired) electrons. The van der Waals surface area contributed by atoms with E-state index in [4.69, 9.17) is 14.2 Å². The molecule has 0 spiro atoms. The minimum absolute atomic E-state index is 0.0876. The molecule has 0 saturated carbocycles. The van der Waals surface area contributed by atoms with Crippen LogP contribution in [0.4, 0.5) is 5.69 Å². The maximum absolute atomic E-state index is 13.1. The molecule has 3 rings (SSSR count). The van der Waals surface area contributed by atoms with E-state index in [1.54, 1.807) is 19.1 Å². The molecular weight excluding hydrogens is 492 g/mol. The number of rotatable bonds is 9. The van der Waals surface area contributed by atoms with Crippen LogP contribution in [0.3, 0.4) is 0 Å². The van der Waals surface area contributed by atoms with Crippen LogP contribution in [0, 0.1) is 0 Å². The molecule has 0 unspecified atom stereocenters. The lowest BCUT2D eigenvalue weighted by Crippen LogP contribution is -2.32. The first-order valence-corrected chi connectivity index (χ1v) is 12.0. The number of carbonyl (C=O) groups is 1. The Morgan fingerprint density at radius 3 is 2.56 bits per heavy atom. The molecule has 2 aromatic rings. The number of methoxy groups -OCH3 is 2. The van der Waals surface area contributed by atoms with Crippen molar-refractivity contribution in [3.8, 4) is 11.5 Å². The van der Waals surface area contributed by atoms with Gasteiger partial charge in [-0.15, -0.1) is 0 Å². The summed E-state index contributed by atoms with van der Waals surface area (Å²) >= 11 is 4.93. The van der Waals surface area contributed by atoms with Crippen molar-refractivity contribution in [3.05, 3.63) is 57.4 Å². The first-order valence-electron chi connectivity index (χ1n) is 10.3. The fourth-order valence-electron chi connectivity index (χ4n) is 2.89. The van der Waals surface area contributed by atoms with E-state index in [0.717, 1.165) is 33.6 Å². The quantitative estimate of drug-likeness (QED) is 0.387. The van der Waals surface area contributed by atoms with Gasteiger partial charge in [0.25, 0.3) is 5.91 Å². The van der Waals surface area contributed by atoms with Crippen molar-refractivity contribution in [2.24, 2.45) is 4.99 Å². The highest BCUT2D eigenvalue weighted by atomic mass is 79.9. The summed E-state index contributed by atoms with van der Waals surface area (Å²) in [4.78, 5) is 20.0. The molecule has 2 aromatic carbocycles. The van der Waals surface area contributed by atoms with Gasteiger partial charge in [0.2, 0.25) is 0 Å². The van der Waals surface area contributed by atoms with Gasteiger partial charge in [0.05, 0.1) is 41.4 Å². The number of halogens is 1. The predicted octanol–water partition coefficient (Wildman–Crippen LogP) is 5.89. The smallest absolute Gasteiger partial charge is 0.266 e.